The molecule has 7 nitrogen and oxygen atoms in total. The van der Waals surface area contributed by atoms with E-state index in [0.29, 0.717) is 19.0 Å². The van der Waals surface area contributed by atoms with Gasteiger partial charge in [-0.15, -0.1) is 0 Å². The molecule has 0 spiro atoms. The number of nitrogens with one attached hydrogen (secondary N) is 1. The van der Waals surface area contributed by atoms with Crippen LogP contribution in [0.5, 0.6) is 0 Å². The molecular weight excluding hydrogens is 328 g/mol. The van der Waals surface area contributed by atoms with E-state index < -0.39 is 0 Å². The number of nitrogens with zero attached hydrogens (tertiary/aromatic N) is 5. The average Bonchev–Trinajstić information content (AvgIpc) is 2.96. The highest BCUT2D eigenvalue weighted by molar-refractivity contribution is 6.30. The number of urea groups is 1. The number of rotatable bonds is 2. The van der Waals surface area contributed by atoms with E-state index in [9.17, 15) is 4.79 Å². The van der Waals surface area contributed by atoms with Crippen molar-refractivity contribution in [1.82, 2.24) is 25.1 Å². The zero-order valence-electron chi connectivity index (χ0n) is 13.6. The molecule has 0 aliphatic carbocycles. The lowest BCUT2D eigenvalue weighted by Crippen LogP contribution is -2.42. The Balaban J connectivity index is 1.63. The number of carbonyl (C=O) groups is 1. The molecule has 2 heterocycles. The van der Waals surface area contributed by atoms with Crippen LogP contribution in [0, 0.1) is 5.92 Å². The number of piperidine rings is 1. The second kappa shape index (κ2) is 7.00. The summed E-state index contributed by atoms with van der Waals surface area (Å²) in [5.74, 6) is 0.632. The zero-order valence-corrected chi connectivity index (χ0v) is 14.4. The molecule has 1 aromatic heterocycles. The maximum Gasteiger partial charge on any atom is 0.324 e. The van der Waals surface area contributed by atoms with Crippen LogP contribution in [-0.2, 0) is 7.05 Å². The molecule has 8 heteroatoms. The number of aryl methyl sites for hydroxylation is 1. The Kier molecular flexibility index (Phi) is 4.80. The van der Waals surface area contributed by atoms with Gasteiger partial charge in [0.05, 0.1) is 0 Å². The minimum atomic E-state index is -0.176. The summed E-state index contributed by atoms with van der Waals surface area (Å²) < 4.78 is 1.43. The van der Waals surface area contributed by atoms with Crippen molar-refractivity contribution in [3.63, 3.8) is 0 Å². The topological polar surface area (TPSA) is 75.9 Å². The summed E-state index contributed by atoms with van der Waals surface area (Å²) >= 11 is 5.92. The Hall–Kier alpha value is -2.41. The maximum absolute atomic E-state index is 12.3. The highest BCUT2D eigenvalue weighted by atomic mass is 35.5. The Morgan fingerprint density at radius 3 is 2.75 bits per heavy atom. The predicted molar refractivity (Wildman–Crippen MR) is 92.6 cm³/mol. The molecule has 1 atom stereocenters. The summed E-state index contributed by atoms with van der Waals surface area (Å²) in [5, 5.41) is 14.4. The molecule has 3 rings (SSSR count). The Morgan fingerprint density at radius 1 is 1.38 bits per heavy atom. The second-order valence-electron chi connectivity index (χ2n) is 5.92. The number of likely N-dealkylation sites (tertiary alicyclic amines) is 1. The van der Waals surface area contributed by atoms with Gasteiger partial charge >= 0.3 is 6.03 Å². The fourth-order valence-electron chi connectivity index (χ4n) is 2.73. The van der Waals surface area contributed by atoms with Crippen molar-refractivity contribution in [1.29, 1.82) is 0 Å². The van der Waals surface area contributed by atoms with Gasteiger partial charge in [0.25, 0.3) is 5.95 Å². The van der Waals surface area contributed by atoms with E-state index in [1.807, 2.05) is 24.3 Å². The normalized spacial score (nSPS) is 19.5. The predicted octanol–water partition coefficient (Wildman–Crippen LogP) is 2.82. The molecule has 1 fully saturated rings. The van der Waals surface area contributed by atoms with Crippen LogP contribution < -0.4 is 5.32 Å². The molecule has 1 aromatic carbocycles. The first kappa shape index (κ1) is 16.4. The summed E-state index contributed by atoms with van der Waals surface area (Å²) in [5.41, 5.74) is 2.46. The van der Waals surface area contributed by atoms with Gasteiger partial charge in [0, 0.05) is 25.2 Å². The number of halogens is 1. The Labute approximate surface area is 145 Å². The maximum atomic E-state index is 12.3. The van der Waals surface area contributed by atoms with E-state index in [2.05, 4.69) is 33.8 Å². The summed E-state index contributed by atoms with van der Waals surface area (Å²) in [7, 11) is 1.68. The van der Waals surface area contributed by atoms with E-state index in [1.165, 1.54) is 10.3 Å². The van der Waals surface area contributed by atoms with E-state index in [1.54, 1.807) is 11.9 Å². The van der Waals surface area contributed by atoms with Crippen LogP contribution in [0.15, 0.2) is 29.8 Å². The van der Waals surface area contributed by atoms with Crippen LogP contribution in [-0.4, -0.2) is 44.2 Å². The number of benzene rings is 1. The lowest BCUT2D eigenvalue weighted by atomic mass is 9.91. The molecule has 0 radical (unpaired) electrons. The van der Waals surface area contributed by atoms with Crippen molar-refractivity contribution in [2.24, 2.45) is 13.0 Å². The standard InChI is InChI=1S/C16H19ClN6O/c1-11-10-23(16(24)18-15-19-20-21-22(15)2)8-7-13(11)9-12-3-5-14(17)6-4-12/h3-6,9,11H,7-8,10H2,1-2H3,(H,18,19,21,24)/b13-9+. The molecule has 0 saturated carbocycles. The van der Waals surface area contributed by atoms with Gasteiger partial charge in [0.1, 0.15) is 0 Å². The first-order valence-corrected chi connectivity index (χ1v) is 8.15. The van der Waals surface area contributed by atoms with Crippen LogP contribution in [0.2, 0.25) is 5.02 Å². The summed E-state index contributed by atoms with van der Waals surface area (Å²) in [6, 6.07) is 7.60. The third-order valence-corrected chi connectivity index (χ3v) is 4.40. The van der Waals surface area contributed by atoms with Gasteiger partial charge in [-0.2, -0.15) is 0 Å². The van der Waals surface area contributed by atoms with E-state index in [0.717, 1.165) is 17.0 Å². The van der Waals surface area contributed by atoms with Crippen molar-refractivity contribution in [3.8, 4) is 0 Å². The van der Waals surface area contributed by atoms with Crippen LogP contribution >= 0.6 is 11.6 Å². The fraction of sp³-hybridized carbons (Fsp3) is 0.375. The lowest BCUT2D eigenvalue weighted by Gasteiger charge is -2.33. The van der Waals surface area contributed by atoms with Crippen LogP contribution in [0.1, 0.15) is 18.9 Å². The number of hydrogen-bond donors (Lipinski definition) is 1. The molecule has 1 unspecified atom stereocenters. The van der Waals surface area contributed by atoms with Crippen LogP contribution in [0.4, 0.5) is 10.7 Å². The minimum Gasteiger partial charge on any atom is -0.324 e. The zero-order chi connectivity index (χ0) is 17.1. The minimum absolute atomic E-state index is 0.176. The third-order valence-electron chi connectivity index (χ3n) is 4.15. The lowest BCUT2D eigenvalue weighted by molar-refractivity contribution is 0.197. The van der Waals surface area contributed by atoms with Crippen LogP contribution in [0.3, 0.4) is 0 Å². The number of anilines is 1. The fourth-order valence-corrected chi connectivity index (χ4v) is 2.86. The van der Waals surface area contributed by atoms with E-state index in [4.69, 9.17) is 11.6 Å². The summed E-state index contributed by atoms with van der Waals surface area (Å²) in [6.45, 7) is 3.46. The van der Waals surface area contributed by atoms with Crippen molar-refractivity contribution >= 4 is 29.7 Å². The highest BCUT2D eigenvalue weighted by Gasteiger charge is 2.25. The molecule has 2 amide bonds. The molecule has 1 aliphatic heterocycles. The number of carbonyl (C=O) groups excluding carboxylic acids is 1. The summed E-state index contributed by atoms with van der Waals surface area (Å²) in [4.78, 5) is 14.1. The van der Waals surface area contributed by atoms with Gasteiger partial charge in [-0.3, -0.25) is 5.32 Å². The van der Waals surface area contributed by atoms with Crippen molar-refractivity contribution in [2.75, 3.05) is 18.4 Å². The highest BCUT2D eigenvalue weighted by Crippen LogP contribution is 2.25. The largest absolute Gasteiger partial charge is 0.324 e. The Bertz CT molecular complexity index is 754. The number of amides is 2. The monoisotopic (exact) mass is 346 g/mol. The van der Waals surface area contributed by atoms with E-state index >= 15 is 0 Å². The van der Waals surface area contributed by atoms with Crippen LogP contribution in [0.25, 0.3) is 6.08 Å². The van der Waals surface area contributed by atoms with Gasteiger partial charge in [0.15, 0.2) is 0 Å². The molecule has 1 aliphatic rings. The third kappa shape index (κ3) is 3.73. The first-order chi connectivity index (χ1) is 11.5. The number of tetrazole rings is 1. The average molecular weight is 347 g/mol. The molecule has 0 bridgehead atoms. The Morgan fingerprint density at radius 2 is 2.12 bits per heavy atom. The van der Waals surface area contributed by atoms with Crippen molar-refractivity contribution in [2.45, 2.75) is 13.3 Å². The quantitative estimate of drug-likeness (QED) is 0.907. The van der Waals surface area contributed by atoms with Gasteiger partial charge in [-0.05, 0) is 40.5 Å². The molecule has 24 heavy (non-hydrogen) atoms. The molecule has 1 saturated heterocycles. The smallest absolute Gasteiger partial charge is 0.324 e. The van der Waals surface area contributed by atoms with Gasteiger partial charge in [-0.1, -0.05) is 47.4 Å². The van der Waals surface area contributed by atoms with E-state index in [-0.39, 0.29) is 11.9 Å². The van der Waals surface area contributed by atoms with Gasteiger partial charge < -0.3 is 4.90 Å². The molecule has 1 N–H and O–H groups in total. The number of hydrogen-bond acceptors (Lipinski definition) is 4. The van der Waals surface area contributed by atoms with Crippen molar-refractivity contribution in [3.05, 3.63) is 40.4 Å². The van der Waals surface area contributed by atoms with Crippen molar-refractivity contribution < 1.29 is 4.79 Å². The molecule has 126 valence electrons. The summed E-state index contributed by atoms with van der Waals surface area (Å²) in [6.07, 6.45) is 3.02. The second-order valence-corrected chi connectivity index (χ2v) is 6.36. The van der Waals surface area contributed by atoms with Gasteiger partial charge in [-0.25, -0.2) is 9.48 Å². The first-order valence-electron chi connectivity index (χ1n) is 7.77. The molecular formula is C16H19ClN6O. The SMILES string of the molecule is CC1CN(C(=O)Nc2nnnn2C)CC/C1=C\c1ccc(Cl)cc1. The number of aromatic nitrogens is 4. The molecule has 2 aromatic rings. The van der Waals surface area contributed by atoms with Gasteiger partial charge in [0.2, 0.25) is 0 Å².